The predicted octanol–water partition coefficient (Wildman–Crippen LogP) is 1.83. The second kappa shape index (κ2) is 7.86. The van der Waals surface area contributed by atoms with Crippen LogP contribution in [0.25, 0.3) is 5.69 Å². The smallest absolute Gasteiger partial charge is 0.274 e. The maximum absolute atomic E-state index is 12.4. The molecule has 140 valence electrons. The number of hydrogen-bond acceptors (Lipinski definition) is 5. The van der Waals surface area contributed by atoms with Gasteiger partial charge in [0.15, 0.2) is 5.69 Å². The molecule has 27 heavy (non-hydrogen) atoms. The fourth-order valence-electron chi connectivity index (χ4n) is 2.63. The summed E-state index contributed by atoms with van der Waals surface area (Å²) in [4.78, 5) is 25.7. The van der Waals surface area contributed by atoms with Crippen LogP contribution < -0.4 is 10.6 Å². The summed E-state index contributed by atoms with van der Waals surface area (Å²) in [7, 11) is 0. The maximum atomic E-state index is 12.4. The van der Waals surface area contributed by atoms with Crippen LogP contribution >= 0.6 is 0 Å². The Labute approximate surface area is 156 Å². The van der Waals surface area contributed by atoms with Crippen LogP contribution in [0.3, 0.4) is 0 Å². The molecule has 2 N–H and O–H groups in total. The molecule has 2 aromatic heterocycles. The van der Waals surface area contributed by atoms with Gasteiger partial charge >= 0.3 is 0 Å². The van der Waals surface area contributed by atoms with Gasteiger partial charge in [-0.3, -0.25) is 9.59 Å². The number of benzene rings is 1. The van der Waals surface area contributed by atoms with Crippen LogP contribution in [0.1, 0.15) is 33.1 Å². The van der Waals surface area contributed by atoms with E-state index in [2.05, 4.69) is 20.8 Å². The topological polar surface area (TPSA) is 102 Å². The molecule has 2 heterocycles. The van der Waals surface area contributed by atoms with Gasteiger partial charge in [-0.05, 0) is 44.5 Å². The Balaban J connectivity index is 1.61. The first kappa shape index (κ1) is 18.4. The van der Waals surface area contributed by atoms with Crippen LogP contribution in [0.2, 0.25) is 0 Å². The second-order valence-electron chi connectivity index (χ2n) is 6.25. The average molecular weight is 367 g/mol. The normalized spacial score (nSPS) is 10.6. The van der Waals surface area contributed by atoms with Crippen LogP contribution in [0.5, 0.6) is 0 Å². The Morgan fingerprint density at radius 3 is 2.63 bits per heavy atom. The third-order valence-corrected chi connectivity index (χ3v) is 4.01. The van der Waals surface area contributed by atoms with E-state index < -0.39 is 5.91 Å². The molecule has 0 saturated carbocycles. The van der Waals surface area contributed by atoms with Crippen molar-refractivity contribution in [1.82, 2.24) is 25.6 Å². The highest BCUT2D eigenvalue weighted by atomic mass is 16.3. The van der Waals surface area contributed by atoms with E-state index in [9.17, 15) is 9.59 Å². The lowest BCUT2D eigenvalue weighted by Crippen LogP contribution is -2.37. The summed E-state index contributed by atoms with van der Waals surface area (Å²) in [5, 5.41) is 13.8. The number of nitrogens with one attached hydrogen (secondary N) is 2. The third-order valence-electron chi connectivity index (χ3n) is 4.01. The van der Waals surface area contributed by atoms with E-state index in [1.54, 1.807) is 19.1 Å². The molecule has 0 aliphatic heterocycles. The van der Waals surface area contributed by atoms with E-state index in [-0.39, 0.29) is 24.7 Å². The molecule has 0 aliphatic rings. The van der Waals surface area contributed by atoms with Gasteiger partial charge in [-0.2, -0.15) is 9.90 Å². The second-order valence-corrected chi connectivity index (χ2v) is 6.25. The average Bonchev–Trinajstić information content (AvgIpc) is 3.27. The summed E-state index contributed by atoms with van der Waals surface area (Å²) in [6.45, 7) is 5.79. The van der Waals surface area contributed by atoms with Gasteiger partial charge in [0.25, 0.3) is 5.91 Å². The summed E-state index contributed by atoms with van der Waals surface area (Å²) < 4.78 is 5.13. The van der Waals surface area contributed by atoms with E-state index in [1.165, 1.54) is 11.1 Å². The zero-order valence-electron chi connectivity index (χ0n) is 15.4. The maximum Gasteiger partial charge on any atom is 0.274 e. The molecule has 0 spiro atoms. The summed E-state index contributed by atoms with van der Waals surface area (Å²) in [5.41, 5.74) is 3.63. The molecular formula is C19H21N5O3. The monoisotopic (exact) mass is 367 g/mol. The van der Waals surface area contributed by atoms with Gasteiger partial charge in [0.05, 0.1) is 30.7 Å². The highest BCUT2D eigenvalue weighted by molar-refractivity contribution is 5.95. The standard InChI is InChI=1S/C19H21N5O3/c1-12-6-7-16(13(2)9-12)24-22-14(3)18(23-24)19(26)21-11-17(25)20-10-15-5-4-8-27-15/h4-9H,10-11H2,1-3H3,(H,20,25)(H,21,26). The van der Waals surface area contributed by atoms with Crippen molar-refractivity contribution in [3.8, 4) is 5.69 Å². The van der Waals surface area contributed by atoms with Gasteiger partial charge in [-0.1, -0.05) is 17.7 Å². The molecule has 0 aliphatic carbocycles. The molecule has 2 amide bonds. The molecule has 0 unspecified atom stereocenters. The molecule has 8 nitrogen and oxygen atoms in total. The predicted molar refractivity (Wildman–Crippen MR) is 98.5 cm³/mol. The van der Waals surface area contributed by atoms with E-state index in [1.807, 2.05) is 32.0 Å². The van der Waals surface area contributed by atoms with Crippen LogP contribution in [0.4, 0.5) is 0 Å². The number of rotatable bonds is 6. The molecule has 0 bridgehead atoms. The number of aromatic nitrogens is 3. The van der Waals surface area contributed by atoms with Crippen molar-refractivity contribution in [1.29, 1.82) is 0 Å². The molecule has 0 fully saturated rings. The number of nitrogens with zero attached hydrogens (tertiary/aromatic N) is 3. The van der Waals surface area contributed by atoms with Crippen molar-refractivity contribution >= 4 is 11.8 Å². The van der Waals surface area contributed by atoms with Crippen LogP contribution in [-0.2, 0) is 11.3 Å². The van der Waals surface area contributed by atoms with Gasteiger partial charge in [0, 0.05) is 0 Å². The third kappa shape index (κ3) is 4.41. The van der Waals surface area contributed by atoms with Crippen LogP contribution in [0.15, 0.2) is 41.0 Å². The number of amides is 2. The molecule has 0 radical (unpaired) electrons. The van der Waals surface area contributed by atoms with Gasteiger partial charge in [-0.15, -0.1) is 5.10 Å². The first-order chi connectivity index (χ1) is 12.9. The zero-order valence-corrected chi connectivity index (χ0v) is 15.4. The summed E-state index contributed by atoms with van der Waals surface area (Å²) in [6.07, 6.45) is 1.53. The minimum Gasteiger partial charge on any atom is -0.467 e. The lowest BCUT2D eigenvalue weighted by atomic mass is 10.1. The Bertz CT molecular complexity index is 960. The summed E-state index contributed by atoms with van der Waals surface area (Å²) in [6, 6.07) is 9.40. The number of furan rings is 1. The first-order valence-corrected chi connectivity index (χ1v) is 8.53. The zero-order chi connectivity index (χ0) is 19.4. The van der Waals surface area contributed by atoms with E-state index in [0.717, 1.165) is 16.8 Å². The van der Waals surface area contributed by atoms with Gasteiger partial charge in [-0.25, -0.2) is 0 Å². The minimum atomic E-state index is -0.448. The van der Waals surface area contributed by atoms with Gasteiger partial charge < -0.3 is 15.1 Å². The van der Waals surface area contributed by atoms with Crippen molar-refractivity contribution < 1.29 is 14.0 Å². The van der Waals surface area contributed by atoms with Crippen molar-refractivity contribution in [2.24, 2.45) is 0 Å². The Kier molecular flexibility index (Phi) is 5.35. The van der Waals surface area contributed by atoms with E-state index in [4.69, 9.17) is 4.42 Å². The van der Waals surface area contributed by atoms with Gasteiger partial charge in [0.2, 0.25) is 5.91 Å². The van der Waals surface area contributed by atoms with Crippen LogP contribution in [-0.4, -0.2) is 33.4 Å². The highest BCUT2D eigenvalue weighted by Gasteiger charge is 2.17. The molecular weight excluding hydrogens is 346 g/mol. The SMILES string of the molecule is Cc1ccc(-n2nc(C)c(C(=O)NCC(=O)NCc3ccco3)n2)c(C)c1. The lowest BCUT2D eigenvalue weighted by molar-refractivity contribution is -0.120. The largest absolute Gasteiger partial charge is 0.467 e. The fraction of sp³-hybridized carbons (Fsp3) is 0.263. The number of carbonyl (C=O) groups excluding carboxylic acids is 2. The molecule has 0 saturated heterocycles. The number of carbonyl (C=O) groups is 2. The van der Waals surface area contributed by atoms with Gasteiger partial charge in [0.1, 0.15) is 5.76 Å². The molecule has 1 aromatic carbocycles. The molecule has 3 rings (SSSR count). The van der Waals surface area contributed by atoms with E-state index in [0.29, 0.717) is 11.5 Å². The van der Waals surface area contributed by atoms with Crippen molar-refractivity contribution in [3.05, 3.63) is 64.9 Å². The lowest BCUT2D eigenvalue weighted by Gasteiger charge is -2.05. The Morgan fingerprint density at radius 2 is 1.93 bits per heavy atom. The van der Waals surface area contributed by atoms with Crippen LogP contribution in [0, 0.1) is 20.8 Å². The summed E-state index contributed by atoms with van der Waals surface area (Å²) in [5.74, 6) is -0.127. The quantitative estimate of drug-likeness (QED) is 0.692. The van der Waals surface area contributed by atoms with Crippen molar-refractivity contribution in [2.75, 3.05) is 6.54 Å². The molecule has 8 heteroatoms. The number of hydrogen-bond donors (Lipinski definition) is 2. The summed E-state index contributed by atoms with van der Waals surface area (Å²) >= 11 is 0. The fourth-order valence-corrected chi connectivity index (χ4v) is 2.63. The first-order valence-electron chi connectivity index (χ1n) is 8.53. The van der Waals surface area contributed by atoms with Crippen molar-refractivity contribution in [3.63, 3.8) is 0 Å². The Hall–Kier alpha value is -3.42. The minimum absolute atomic E-state index is 0.157. The number of aryl methyl sites for hydroxylation is 3. The van der Waals surface area contributed by atoms with Crippen molar-refractivity contribution in [2.45, 2.75) is 27.3 Å². The molecule has 0 atom stereocenters. The van der Waals surface area contributed by atoms with E-state index >= 15 is 0 Å². The Morgan fingerprint density at radius 1 is 1.11 bits per heavy atom. The molecule has 3 aromatic rings. The highest BCUT2D eigenvalue weighted by Crippen LogP contribution is 2.15.